The van der Waals surface area contributed by atoms with Gasteiger partial charge in [0.15, 0.2) is 18.1 Å². The maximum absolute atomic E-state index is 12.2. The molecule has 1 amide bonds. The first kappa shape index (κ1) is 22.2. The van der Waals surface area contributed by atoms with Gasteiger partial charge in [-0.3, -0.25) is 4.79 Å². The van der Waals surface area contributed by atoms with Crippen LogP contribution in [-0.2, 0) is 14.3 Å². The number of amides is 1. The van der Waals surface area contributed by atoms with Crippen molar-refractivity contribution in [3.63, 3.8) is 0 Å². The standard InChI is InChI=1S/C24H27NO6/c1-4-16(2)18-7-5-6-8-19(18)25-22(26)15-31-23(27)10-9-17-13-20(28-3)24-21(14-17)29-11-12-30-24/h5-10,13-14,16H,4,11-12,15H2,1-3H3,(H,25,26)/b10-9+/t16-/m0/s1. The van der Waals surface area contributed by atoms with Gasteiger partial charge in [-0.2, -0.15) is 0 Å². The lowest BCUT2D eigenvalue weighted by atomic mass is 9.97. The molecule has 1 N–H and O–H groups in total. The molecule has 0 unspecified atom stereocenters. The number of benzene rings is 2. The molecule has 0 aliphatic carbocycles. The number of hydrogen-bond acceptors (Lipinski definition) is 6. The molecular weight excluding hydrogens is 398 g/mol. The van der Waals surface area contributed by atoms with E-state index in [-0.39, 0.29) is 6.61 Å². The van der Waals surface area contributed by atoms with E-state index >= 15 is 0 Å². The molecule has 1 aliphatic heterocycles. The summed E-state index contributed by atoms with van der Waals surface area (Å²) in [6, 6.07) is 11.1. The van der Waals surface area contributed by atoms with E-state index in [1.807, 2.05) is 24.3 Å². The number of rotatable bonds is 8. The number of anilines is 1. The van der Waals surface area contributed by atoms with Crippen molar-refractivity contribution in [2.45, 2.75) is 26.2 Å². The number of carbonyl (C=O) groups excluding carboxylic acids is 2. The molecule has 31 heavy (non-hydrogen) atoms. The van der Waals surface area contributed by atoms with Crippen LogP contribution in [0.15, 0.2) is 42.5 Å². The molecule has 0 saturated carbocycles. The van der Waals surface area contributed by atoms with E-state index in [1.165, 1.54) is 13.2 Å². The van der Waals surface area contributed by atoms with Crippen LogP contribution in [0.2, 0.25) is 0 Å². The Morgan fingerprint density at radius 1 is 1.19 bits per heavy atom. The normalized spacial score (nSPS) is 13.5. The molecule has 1 atom stereocenters. The highest BCUT2D eigenvalue weighted by molar-refractivity contribution is 5.95. The predicted molar refractivity (Wildman–Crippen MR) is 118 cm³/mol. The Balaban J connectivity index is 1.57. The lowest BCUT2D eigenvalue weighted by Crippen LogP contribution is -2.21. The smallest absolute Gasteiger partial charge is 0.331 e. The van der Waals surface area contributed by atoms with Crippen molar-refractivity contribution < 1.29 is 28.5 Å². The van der Waals surface area contributed by atoms with E-state index < -0.39 is 11.9 Å². The molecule has 164 valence electrons. The Morgan fingerprint density at radius 2 is 1.97 bits per heavy atom. The molecule has 0 radical (unpaired) electrons. The highest BCUT2D eigenvalue weighted by Crippen LogP contribution is 2.40. The monoisotopic (exact) mass is 425 g/mol. The highest BCUT2D eigenvalue weighted by Gasteiger charge is 2.18. The van der Waals surface area contributed by atoms with Crippen molar-refractivity contribution in [2.75, 3.05) is 32.2 Å². The molecular formula is C24H27NO6. The third-order valence-electron chi connectivity index (χ3n) is 4.99. The van der Waals surface area contributed by atoms with Crippen LogP contribution in [0, 0.1) is 0 Å². The van der Waals surface area contributed by atoms with Crippen LogP contribution in [0.3, 0.4) is 0 Å². The SMILES string of the molecule is CC[C@H](C)c1ccccc1NC(=O)COC(=O)/C=C/c1cc(OC)c2c(c1)OCCO2. The molecule has 0 bridgehead atoms. The van der Waals surface area contributed by atoms with Gasteiger partial charge in [0.25, 0.3) is 5.91 Å². The average molecular weight is 425 g/mol. The van der Waals surface area contributed by atoms with E-state index in [0.717, 1.165) is 17.7 Å². The molecule has 1 heterocycles. The molecule has 1 aliphatic rings. The quantitative estimate of drug-likeness (QED) is 0.505. The van der Waals surface area contributed by atoms with E-state index in [9.17, 15) is 9.59 Å². The summed E-state index contributed by atoms with van der Waals surface area (Å²) in [6.45, 7) is 4.72. The van der Waals surface area contributed by atoms with Crippen molar-refractivity contribution in [1.29, 1.82) is 0 Å². The van der Waals surface area contributed by atoms with Gasteiger partial charge >= 0.3 is 5.97 Å². The number of fused-ring (bicyclic) bond motifs is 1. The van der Waals surface area contributed by atoms with Crippen LogP contribution in [0.4, 0.5) is 5.69 Å². The first-order chi connectivity index (χ1) is 15.0. The fourth-order valence-electron chi connectivity index (χ4n) is 3.19. The average Bonchev–Trinajstić information content (AvgIpc) is 2.80. The summed E-state index contributed by atoms with van der Waals surface area (Å²) in [4.78, 5) is 24.3. The summed E-state index contributed by atoms with van der Waals surface area (Å²) >= 11 is 0. The van der Waals surface area contributed by atoms with Crippen molar-refractivity contribution >= 4 is 23.6 Å². The van der Waals surface area contributed by atoms with Gasteiger partial charge in [-0.15, -0.1) is 0 Å². The number of methoxy groups -OCH3 is 1. The van der Waals surface area contributed by atoms with Crippen LogP contribution in [0.5, 0.6) is 17.2 Å². The minimum Gasteiger partial charge on any atom is -0.493 e. The summed E-state index contributed by atoms with van der Waals surface area (Å²) in [5, 5.41) is 2.82. The molecule has 7 heteroatoms. The minimum absolute atomic E-state index is 0.310. The van der Waals surface area contributed by atoms with Gasteiger partial charge in [0.2, 0.25) is 5.75 Å². The first-order valence-corrected chi connectivity index (χ1v) is 10.2. The molecule has 3 rings (SSSR count). The molecule has 0 aromatic heterocycles. The molecule has 7 nitrogen and oxygen atoms in total. The summed E-state index contributed by atoms with van der Waals surface area (Å²) < 4.78 is 21.5. The topological polar surface area (TPSA) is 83.1 Å². The summed E-state index contributed by atoms with van der Waals surface area (Å²) in [5.74, 6) is 0.910. The Labute approximate surface area is 181 Å². The number of esters is 1. The largest absolute Gasteiger partial charge is 0.493 e. The fourth-order valence-corrected chi connectivity index (χ4v) is 3.19. The summed E-state index contributed by atoms with van der Waals surface area (Å²) in [6.07, 6.45) is 3.78. The number of para-hydroxylation sites is 1. The second kappa shape index (κ2) is 10.5. The zero-order valence-electron chi connectivity index (χ0n) is 18.0. The lowest BCUT2D eigenvalue weighted by molar-refractivity contribution is -0.142. The third kappa shape index (κ3) is 5.78. The first-order valence-electron chi connectivity index (χ1n) is 10.2. The fraction of sp³-hybridized carbons (Fsp3) is 0.333. The number of nitrogens with one attached hydrogen (secondary N) is 1. The zero-order valence-corrected chi connectivity index (χ0v) is 18.0. The Kier molecular flexibility index (Phi) is 7.54. The second-order valence-corrected chi connectivity index (χ2v) is 7.13. The zero-order chi connectivity index (χ0) is 22.2. The summed E-state index contributed by atoms with van der Waals surface area (Å²) in [7, 11) is 1.54. The maximum atomic E-state index is 12.2. The second-order valence-electron chi connectivity index (χ2n) is 7.13. The number of ether oxygens (including phenoxy) is 4. The van der Waals surface area contributed by atoms with Gasteiger partial charge in [0.1, 0.15) is 13.2 Å². The molecule has 0 saturated heterocycles. The van der Waals surface area contributed by atoms with Crippen LogP contribution in [0.1, 0.15) is 37.3 Å². The highest BCUT2D eigenvalue weighted by atomic mass is 16.6. The van der Waals surface area contributed by atoms with Gasteiger partial charge < -0.3 is 24.3 Å². The van der Waals surface area contributed by atoms with Gasteiger partial charge in [0, 0.05) is 11.8 Å². The molecule has 0 spiro atoms. The molecule has 0 fully saturated rings. The van der Waals surface area contributed by atoms with Crippen LogP contribution in [-0.4, -0.2) is 38.8 Å². The van der Waals surface area contributed by atoms with E-state index in [0.29, 0.717) is 41.9 Å². The Morgan fingerprint density at radius 3 is 2.74 bits per heavy atom. The number of carbonyl (C=O) groups is 2. The van der Waals surface area contributed by atoms with E-state index in [4.69, 9.17) is 18.9 Å². The van der Waals surface area contributed by atoms with Crippen molar-refractivity contribution in [3.8, 4) is 17.2 Å². The lowest BCUT2D eigenvalue weighted by Gasteiger charge is -2.20. The van der Waals surface area contributed by atoms with Crippen molar-refractivity contribution in [3.05, 3.63) is 53.6 Å². The van der Waals surface area contributed by atoms with Gasteiger partial charge in [-0.1, -0.05) is 32.0 Å². The number of hydrogen-bond donors (Lipinski definition) is 1. The Bertz CT molecular complexity index is 951. The summed E-state index contributed by atoms with van der Waals surface area (Å²) in [5.41, 5.74) is 2.47. The molecule has 2 aromatic carbocycles. The maximum Gasteiger partial charge on any atom is 0.331 e. The third-order valence-corrected chi connectivity index (χ3v) is 4.99. The predicted octanol–water partition coefficient (Wildman–Crippen LogP) is 4.18. The van der Waals surface area contributed by atoms with Crippen molar-refractivity contribution in [2.24, 2.45) is 0 Å². The molecule has 2 aromatic rings. The van der Waals surface area contributed by atoms with E-state index in [1.54, 1.807) is 18.2 Å². The van der Waals surface area contributed by atoms with Gasteiger partial charge in [-0.25, -0.2) is 4.79 Å². The van der Waals surface area contributed by atoms with Crippen LogP contribution >= 0.6 is 0 Å². The van der Waals surface area contributed by atoms with Gasteiger partial charge in [0.05, 0.1) is 7.11 Å². The Hall–Kier alpha value is -3.48. The minimum atomic E-state index is -0.626. The van der Waals surface area contributed by atoms with E-state index in [2.05, 4.69) is 19.2 Å². The van der Waals surface area contributed by atoms with Gasteiger partial charge in [-0.05, 0) is 47.7 Å². The van der Waals surface area contributed by atoms with Crippen molar-refractivity contribution in [1.82, 2.24) is 0 Å². The van der Waals surface area contributed by atoms with Crippen LogP contribution in [0.25, 0.3) is 6.08 Å². The van der Waals surface area contributed by atoms with Crippen LogP contribution < -0.4 is 19.5 Å².